The van der Waals surface area contributed by atoms with Gasteiger partial charge in [0.15, 0.2) is 0 Å². The molecule has 0 aliphatic carbocycles. The quantitative estimate of drug-likeness (QED) is 0.813. The number of nitrogens with one attached hydrogen (secondary N) is 1. The Balaban J connectivity index is 2.46. The molecule has 0 aliphatic heterocycles. The van der Waals surface area contributed by atoms with Crippen LogP contribution < -0.4 is 11.1 Å². The van der Waals surface area contributed by atoms with Gasteiger partial charge in [-0.25, -0.2) is 0 Å². The predicted octanol–water partition coefficient (Wildman–Crippen LogP) is 2.67. The van der Waals surface area contributed by atoms with Crippen LogP contribution in [0.5, 0.6) is 0 Å². The number of benzene rings is 1. The van der Waals surface area contributed by atoms with Gasteiger partial charge in [-0.2, -0.15) is 0 Å². The second-order valence-corrected chi connectivity index (χ2v) is 4.99. The zero-order valence-electron chi connectivity index (χ0n) is 11.6. The van der Waals surface area contributed by atoms with Gasteiger partial charge in [-0.1, -0.05) is 32.9 Å². The molecule has 3 N–H and O–H groups in total. The minimum absolute atomic E-state index is 0.0198. The topological polar surface area (TPSA) is 55.1 Å². The van der Waals surface area contributed by atoms with Gasteiger partial charge in [0.2, 0.25) is 0 Å². The monoisotopic (exact) mass is 248 g/mol. The molecule has 0 aliphatic rings. The van der Waals surface area contributed by atoms with E-state index in [4.69, 9.17) is 5.73 Å². The lowest BCUT2D eigenvalue weighted by Crippen LogP contribution is -2.30. The maximum atomic E-state index is 11.8. The largest absolute Gasteiger partial charge is 0.352 e. The number of nitrogens with two attached hydrogens (primary N) is 1. The minimum atomic E-state index is -0.0198. The molecule has 1 aromatic carbocycles. The summed E-state index contributed by atoms with van der Waals surface area (Å²) < 4.78 is 0. The van der Waals surface area contributed by atoms with Gasteiger partial charge in [0.25, 0.3) is 5.91 Å². The highest BCUT2D eigenvalue weighted by Crippen LogP contribution is 2.14. The molecule has 0 aromatic heterocycles. The molecule has 0 fully saturated rings. The van der Waals surface area contributed by atoms with Gasteiger partial charge in [0.1, 0.15) is 0 Å². The Bertz CT molecular complexity index is 371. The van der Waals surface area contributed by atoms with Crippen molar-refractivity contribution < 1.29 is 4.79 Å². The Kier molecular flexibility index (Phi) is 5.86. The van der Waals surface area contributed by atoms with Crippen molar-refractivity contribution in [1.29, 1.82) is 0 Å². The van der Waals surface area contributed by atoms with E-state index in [0.717, 1.165) is 12.8 Å². The van der Waals surface area contributed by atoms with Crippen molar-refractivity contribution in [2.75, 3.05) is 6.54 Å². The Morgan fingerprint density at radius 2 is 1.89 bits per heavy atom. The predicted molar refractivity (Wildman–Crippen MR) is 75.7 cm³/mol. The minimum Gasteiger partial charge on any atom is -0.352 e. The Labute approximate surface area is 110 Å². The second-order valence-electron chi connectivity index (χ2n) is 4.99. The van der Waals surface area contributed by atoms with Gasteiger partial charge >= 0.3 is 0 Å². The fourth-order valence-electron chi connectivity index (χ4n) is 1.70. The van der Waals surface area contributed by atoms with Crippen LogP contribution in [0.4, 0.5) is 0 Å². The third-order valence-electron chi connectivity index (χ3n) is 3.16. The average Bonchev–Trinajstić information content (AvgIpc) is 2.38. The Morgan fingerprint density at radius 1 is 1.28 bits per heavy atom. The molecule has 18 heavy (non-hydrogen) atoms. The number of amides is 1. The summed E-state index contributed by atoms with van der Waals surface area (Å²) >= 11 is 0. The summed E-state index contributed by atoms with van der Waals surface area (Å²) in [4.78, 5) is 11.8. The molecule has 1 rings (SSSR count). The summed E-state index contributed by atoms with van der Waals surface area (Å²) in [5.41, 5.74) is 7.76. The molecule has 0 radical (unpaired) electrons. The molecule has 1 unspecified atom stereocenters. The van der Waals surface area contributed by atoms with Crippen molar-refractivity contribution in [1.82, 2.24) is 5.32 Å². The molecule has 1 aromatic rings. The molecule has 100 valence electrons. The lowest BCUT2D eigenvalue weighted by Gasteiger charge is -2.10. The van der Waals surface area contributed by atoms with Crippen LogP contribution in [0, 0.1) is 0 Å². The highest BCUT2D eigenvalue weighted by Gasteiger charge is 2.06. The van der Waals surface area contributed by atoms with Crippen LogP contribution >= 0.6 is 0 Å². The summed E-state index contributed by atoms with van der Waals surface area (Å²) in [6.07, 6.45) is 1.77. The summed E-state index contributed by atoms with van der Waals surface area (Å²) in [5, 5.41) is 2.89. The van der Waals surface area contributed by atoms with Crippen molar-refractivity contribution in [3.63, 3.8) is 0 Å². The first-order valence-electron chi connectivity index (χ1n) is 6.68. The zero-order valence-corrected chi connectivity index (χ0v) is 11.6. The first-order chi connectivity index (χ1) is 8.54. The molecule has 0 saturated heterocycles. The molecule has 0 spiro atoms. The maximum absolute atomic E-state index is 11.8. The van der Waals surface area contributed by atoms with Crippen LogP contribution in [0.15, 0.2) is 24.3 Å². The smallest absolute Gasteiger partial charge is 0.251 e. The van der Waals surface area contributed by atoms with E-state index in [9.17, 15) is 4.79 Å². The SMILES string of the molecule is CCC(N)CCNC(=O)c1ccc(C(C)C)cc1. The van der Waals surface area contributed by atoms with Crippen LogP contribution in [-0.4, -0.2) is 18.5 Å². The molecule has 1 atom stereocenters. The van der Waals surface area contributed by atoms with E-state index >= 15 is 0 Å². The summed E-state index contributed by atoms with van der Waals surface area (Å²) in [6.45, 7) is 6.97. The molecule has 1 amide bonds. The van der Waals surface area contributed by atoms with Gasteiger partial charge in [0.05, 0.1) is 0 Å². The lowest BCUT2D eigenvalue weighted by atomic mass is 10.0. The van der Waals surface area contributed by atoms with Crippen molar-refractivity contribution in [3.8, 4) is 0 Å². The fraction of sp³-hybridized carbons (Fsp3) is 0.533. The van der Waals surface area contributed by atoms with E-state index < -0.39 is 0 Å². The molecule has 3 heteroatoms. The van der Waals surface area contributed by atoms with Gasteiger partial charge < -0.3 is 11.1 Å². The number of rotatable bonds is 6. The standard InChI is InChI=1S/C15H24N2O/c1-4-14(16)9-10-17-15(18)13-7-5-12(6-8-13)11(2)3/h5-8,11,14H,4,9-10,16H2,1-3H3,(H,17,18). The number of carbonyl (C=O) groups is 1. The lowest BCUT2D eigenvalue weighted by molar-refractivity contribution is 0.0952. The molecular weight excluding hydrogens is 224 g/mol. The number of hydrogen-bond donors (Lipinski definition) is 2. The molecular formula is C15H24N2O. The summed E-state index contributed by atoms with van der Waals surface area (Å²) in [7, 11) is 0. The van der Waals surface area contributed by atoms with Crippen LogP contribution in [-0.2, 0) is 0 Å². The molecule has 0 saturated carbocycles. The van der Waals surface area contributed by atoms with E-state index in [1.165, 1.54) is 5.56 Å². The maximum Gasteiger partial charge on any atom is 0.251 e. The van der Waals surface area contributed by atoms with E-state index in [0.29, 0.717) is 18.0 Å². The molecule has 0 bridgehead atoms. The fourth-order valence-corrected chi connectivity index (χ4v) is 1.70. The second kappa shape index (κ2) is 7.17. The highest BCUT2D eigenvalue weighted by molar-refractivity contribution is 5.94. The average molecular weight is 248 g/mol. The third-order valence-corrected chi connectivity index (χ3v) is 3.16. The van der Waals surface area contributed by atoms with Crippen molar-refractivity contribution in [2.24, 2.45) is 5.73 Å². The van der Waals surface area contributed by atoms with Crippen LogP contribution in [0.25, 0.3) is 0 Å². The van der Waals surface area contributed by atoms with Crippen LogP contribution in [0.2, 0.25) is 0 Å². The summed E-state index contributed by atoms with van der Waals surface area (Å²) in [6, 6.07) is 7.96. The van der Waals surface area contributed by atoms with Crippen molar-refractivity contribution in [2.45, 2.75) is 45.6 Å². The van der Waals surface area contributed by atoms with Gasteiger partial charge in [-0.05, 0) is 36.5 Å². The van der Waals surface area contributed by atoms with Crippen LogP contribution in [0.1, 0.15) is 55.5 Å². The number of carbonyl (C=O) groups excluding carboxylic acids is 1. The van der Waals surface area contributed by atoms with E-state index in [-0.39, 0.29) is 11.9 Å². The molecule has 0 heterocycles. The summed E-state index contributed by atoms with van der Waals surface area (Å²) in [5.74, 6) is 0.471. The Hall–Kier alpha value is -1.35. The molecule has 3 nitrogen and oxygen atoms in total. The van der Waals surface area contributed by atoms with E-state index in [1.807, 2.05) is 24.3 Å². The van der Waals surface area contributed by atoms with Crippen LogP contribution in [0.3, 0.4) is 0 Å². The normalized spacial score (nSPS) is 12.5. The van der Waals surface area contributed by atoms with Crippen molar-refractivity contribution in [3.05, 3.63) is 35.4 Å². The first kappa shape index (κ1) is 14.7. The Morgan fingerprint density at radius 3 is 2.39 bits per heavy atom. The third kappa shape index (κ3) is 4.49. The van der Waals surface area contributed by atoms with E-state index in [2.05, 4.69) is 26.1 Å². The van der Waals surface area contributed by atoms with E-state index in [1.54, 1.807) is 0 Å². The number of hydrogen-bond acceptors (Lipinski definition) is 2. The first-order valence-corrected chi connectivity index (χ1v) is 6.68. The van der Waals surface area contributed by atoms with Crippen molar-refractivity contribution >= 4 is 5.91 Å². The zero-order chi connectivity index (χ0) is 13.5. The van der Waals surface area contributed by atoms with Gasteiger partial charge in [-0.15, -0.1) is 0 Å². The van der Waals surface area contributed by atoms with Gasteiger partial charge in [-0.3, -0.25) is 4.79 Å². The highest BCUT2D eigenvalue weighted by atomic mass is 16.1. The van der Waals surface area contributed by atoms with Gasteiger partial charge in [0, 0.05) is 18.2 Å².